The van der Waals surface area contributed by atoms with E-state index in [0.717, 1.165) is 6.07 Å². The van der Waals surface area contributed by atoms with Crippen LogP contribution in [0.5, 0.6) is 0 Å². The van der Waals surface area contributed by atoms with Crippen molar-refractivity contribution < 1.29 is 19.0 Å². The molecule has 0 aliphatic carbocycles. The molecule has 94 valence electrons. The number of hydrogen-bond donors (Lipinski definition) is 1. The smallest absolute Gasteiger partial charge is 0.339 e. The Bertz CT molecular complexity index is 407. The summed E-state index contributed by atoms with van der Waals surface area (Å²) in [4.78, 5) is 12.9. The number of hydrogen-bond acceptors (Lipinski definition) is 4. The van der Waals surface area contributed by atoms with Crippen LogP contribution in [0.25, 0.3) is 0 Å². The quantitative estimate of drug-likeness (QED) is 0.811. The number of ether oxygens (including phenoxy) is 1. The van der Waals surface area contributed by atoms with Gasteiger partial charge in [0, 0.05) is 14.1 Å². The van der Waals surface area contributed by atoms with E-state index in [1.54, 1.807) is 25.9 Å². The first kappa shape index (κ1) is 13.4. The zero-order valence-corrected chi connectivity index (χ0v) is 10.1. The summed E-state index contributed by atoms with van der Waals surface area (Å²) in [6, 6.07) is 4.14. The molecule has 5 heteroatoms. The third-order valence-electron chi connectivity index (χ3n) is 2.28. The van der Waals surface area contributed by atoms with E-state index in [4.69, 9.17) is 0 Å². The minimum Gasteiger partial charge on any atom is -0.464 e. The van der Waals surface area contributed by atoms with E-state index in [9.17, 15) is 14.3 Å². The number of halogens is 1. The highest BCUT2D eigenvalue weighted by Crippen LogP contribution is 2.22. The number of rotatable bonds is 4. The van der Waals surface area contributed by atoms with Crippen LogP contribution in [0.1, 0.15) is 18.6 Å². The fourth-order valence-electron chi connectivity index (χ4n) is 1.41. The number of carbonyl (C=O) groups is 1. The van der Waals surface area contributed by atoms with Crippen LogP contribution in [0.3, 0.4) is 0 Å². The van der Waals surface area contributed by atoms with Crippen molar-refractivity contribution in [2.24, 2.45) is 0 Å². The number of benzene rings is 1. The molecule has 0 saturated carbocycles. The minimum atomic E-state index is -1.44. The lowest BCUT2D eigenvalue weighted by atomic mass is 10.1. The summed E-state index contributed by atoms with van der Waals surface area (Å²) < 4.78 is 18.3. The Morgan fingerprint density at radius 3 is 2.65 bits per heavy atom. The molecule has 1 atom stereocenters. The molecule has 0 aromatic heterocycles. The molecule has 1 aromatic carbocycles. The van der Waals surface area contributed by atoms with E-state index >= 15 is 0 Å². The average molecular weight is 241 g/mol. The van der Waals surface area contributed by atoms with Gasteiger partial charge in [-0.1, -0.05) is 6.07 Å². The number of esters is 1. The minimum absolute atomic E-state index is 0.175. The molecule has 0 amide bonds. The van der Waals surface area contributed by atoms with Gasteiger partial charge in [0.25, 0.3) is 0 Å². The van der Waals surface area contributed by atoms with Gasteiger partial charge in [0.15, 0.2) is 6.10 Å². The Balaban J connectivity index is 2.93. The van der Waals surface area contributed by atoms with E-state index < -0.39 is 17.9 Å². The van der Waals surface area contributed by atoms with Gasteiger partial charge in [-0.2, -0.15) is 0 Å². The SMILES string of the molecule is CCOC(=O)[C@@H](O)c1ccc(N(C)C)c(F)c1. The van der Waals surface area contributed by atoms with Crippen LogP contribution in [0, 0.1) is 5.82 Å². The van der Waals surface area contributed by atoms with Gasteiger partial charge in [-0.05, 0) is 24.6 Å². The molecule has 1 aromatic rings. The fourth-order valence-corrected chi connectivity index (χ4v) is 1.41. The molecule has 4 nitrogen and oxygen atoms in total. The van der Waals surface area contributed by atoms with Crippen molar-refractivity contribution >= 4 is 11.7 Å². The molecule has 0 saturated heterocycles. The van der Waals surface area contributed by atoms with Crippen molar-refractivity contribution in [1.82, 2.24) is 0 Å². The van der Waals surface area contributed by atoms with E-state index in [0.29, 0.717) is 5.69 Å². The number of aliphatic hydroxyl groups excluding tert-OH is 1. The molecule has 17 heavy (non-hydrogen) atoms. The standard InChI is InChI=1S/C12H16FNO3/c1-4-17-12(16)11(15)8-5-6-10(14(2)3)9(13)7-8/h5-7,11,15H,4H2,1-3H3/t11-/m0/s1. The topological polar surface area (TPSA) is 49.8 Å². The number of aliphatic hydroxyl groups is 1. The van der Waals surface area contributed by atoms with Crippen LogP contribution in [-0.4, -0.2) is 31.8 Å². The fraction of sp³-hybridized carbons (Fsp3) is 0.417. The van der Waals surface area contributed by atoms with Gasteiger partial charge in [-0.15, -0.1) is 0 Å². The van der Waals surface area contributed by atoms with Gasteiger partial charge in [-0.3, -0.25) is 0 Å². The van der Waals surface area contributed by atoms with Crippen molar-refractivity contribution in [2.45, 2.75) is 13.0 Å². The summed E-state index contributed by atoms with van der Waals surface area (Å²) in [5.74, 6) is -1.26. The Morgan fingerprint density at radius 1 is 1.53 bits per heavy atom. The second-order valence-electron chi connectivity index (χ2n) is 3.76. The van der Waals surface area contributed by atoms with Crippen LogP contribution in [-0.2, 0) is 9.53 Å². The summed E-state index contributed by atoms with van der Waals surface area (Å²) in [5, 5.41) is 9.62. The largest absolute Gasteiger partial charge is 0.464 e. The second kappa shape index (κ2) is 5.63. The lowest BCUT2D eigenvalue weighted by molar-refractivity contribution is -0.153. The third kappa shape index (κ3) is 3.17. The zero-order chi connectivity index (χ0) is 13.0. The van der Waals surface area contributed by atoms with Crippen molar-refractivity contribution in [2.75, 3.05) is 25.6 Å². The predicted octanol–water partition coefficient (Wildman–Crippen LogP) is 1.49. The first-order valence-electron chi connectivity index (χ1n) is 5.28. The van der Waals surface area contributed by atoms with Crippen molar-refractivity contribution in [1.29, 1.82) is 0 Å². The average Bonchev–Trinajstić information content (AvgIpc) is 2.27. The maximum absolute atomic E-state index is 13.6. The Kier molecular flexibility index (Phi) is 4.45. The Morgan fingerprint density at radius 2 is 2.18 bits per heavy atom. The predicted molar refractivity (Wildman–Crippen MR) is 62.3 cm³/mol. The molecule has 0 heterocycles. The summed E-state index contributed by atoms with van der Waals surface area (Å²) >= 11 is 0. The molecule has 0 aliphatic rings. The molecule has 0 bridgehead atoms. The molecule has 0 fully saturated rings. The summed E-state index contributed by atoms with van der Waals surface area (Å²) in [7, 11) is 3.42. The van der Waals surface area contributed by atoms with Gasteiger partial charge in [-0.25, -0.2) is 9.18 Å². The maximum Gasteiger partial charge on any atom is 0.339 e. The van der Waals surface area contributed by atoms with Gasteiger partial charge in [0.2, 0.25) is 0 Å². The van der Waals surface area contributed by atoms with E-state index in [2.05, 4.69) is 4.74 Å². The second-order valence-corrected chi connectivity index (χ2v) is 3.76. The van der Waals surface area contributed by atoms with Crippen LogP contribution < -0.4 is 4.90 Å². The van der Waals surface area contributed by atoms with Crippen molar-refractivity contribution in [3.63, 3.8) is 0 Å². The zero-order valence-electron chi connectivity index (χ0n) is 10.1. The van der Waals surface area contributed by atoms with Gasteiger partial charge in [0.05, 0.1) is 12.3 Å². The molecule has 1 rings (SSSR count). The molecule has 0 aliphatic heterocycles. The van der Waals surface area contributed by atoms with Gasteiger partial charge in [0.1, 0.15) is 5.82 Å². The van der Waals surface area contributed by atoms with Crippen LogP contribution in [0.15, 0.2) is 18.2 Å². The number of anilines is 1. The first-order chi connectivity index (χ1) is 7.97. The van der Waals surface area contributed by atoms with E-state index in [1.165, 1.54) is 12.1 Å². The molecule has 0 spiro atoms. The highest BCUT2D eigenvalue weighted by atomic mass is 19.1. The number of carbonyl (C=O) groups excluding carboxylic acids is 1. The lowest BCUT2D eigenvalue weighted by Gasteiger charge is -2.15. The van der Waals surface area contributed by atoms with Crippen molar-refractivity contribution in [3.05, 3.63) is 29.6 Å². The summed E-state index contributed by atoms with van der Waals surface area (Å²) in [6.45, 7) is 1.81. The number of nitrogens with zero attached hydrogens (tertiary/aromatic N) is 1. The monoisotopic (exact) mass is 241 g/mol. The molecular weight excluding hydrogens is 225 g/mol. The third-order valence-corrected chi connectivity index (χ3v) is 2.28. The Labute approximate surface area is 99.6 Å². The molecule has 0 unspecified atom stereocenters. The van der Waals surface area contributed by atoms with Gasteiger partial charge >= 0.3 is 5.97 Å². The first-order valence-corrected chi connectivity index (χ1v) is 5.28. The normalized spacial score (nSPS) is 12.1. The van der Waals surface area contributed by atoms with Crippen LogP contribution in [0.4, 0.5) is 10.1 Å². The Hall–Kier alpha value is -1.62. The van der Waals surface area contributed by atoms with Crippen LogP contribution >= 0.6 is 0 Å². The highest BCUT2D eigenvalue weighted by molar-refractivity contribution is 5.76. The van der Waals surface area contributed by atoms with Gasteiger partial charge < -0.3 is 14.7 Å². The van der Waals surface area contributed by atoms with E-state index in [1.807, 2.05) is 0 Å². The molecule has 1 N–H and O–H groups in total. The molecular formula is C12H16FNO3. The van der Waals surface area contributed by atoms with Crippen LogP contribution in [0.2, 0.25) is 0 Å². The lowest BCUT2D eigenvalue weighted by Crippen LogP contribution is -2.16. The summed E-state index contributed by atoms with van der Waals surface area (Å²) in [6.07, 6.45) is -1.44. The van der Waals surface area contributed by atoms with E-state index in [-0.39, 0.29) is 12.2 Å². The maximum atomic E-state index is 13.6. The van der Waals surface area contributed by atoms with Crippen molar-refractivity contribution in [3.8, 4) is 0 Å². The molecule has 0 radical (unpaired) electrons. The highest BCUT2D eigenvalue weighted by Gasteiger charge is 2.20. The summed E-state index contributed by atoms with van der Waals surface area (Å²) in [5.41, 5.74) is 0.580.